The van der Waals surface area contributed by atoms with Crippen LogP contribution in [-0.2, 0) is 13.6 Å². The third kappa shape index (κ3) is 2.14. The summed E-state index contributed by atoms with van der Waals surface area (Å²) in [6.45, 7) is 6.88. The molecule has 0 saturated carbocycles. The summed E-state index contributed by atoms with van der Waals surface area (Å²) >= 11 is 0. The molecule has 0 saturated heterocycles. The Kier molecular flexibility index (Phi) is 3.71. The van der Waals surface area contributed by atoms with Gasteiger partial charge in [-0.05, 0) is 14.0 Å². The van der Waals surface area contributed by atoms with E-state index in [0.29, 0.717) is 6.61 Å². The lowest BCUT2D eigenvalue weighted by Crippen LogP contribution is -2.08. The van der Waals surface area contributed by atoms with Crippen molar-refractivity contribution in [1.82, 2.24) is 15.1 Å². The van der Waals surface area contributed by atoms with Crippen molar-refractivity contribution in [2.24, 2.45) is 7.05 Å². The average molecular weight is 195 g/mol. The maximum atomic E-state index is 5.53. The smallest absolute Gasteiger partial charge is 0.216 e. The van der Waals surface area contributed by atoms with E-state index in [0.717, 1.165) is 23.7 Å². The fraction of sp³-hybridized carbons (Fsp3) is 0.500. The minimum atomic E-state index is 0.510. The molecule has 1 rings (SSSR count). The molecule has 0 amide bonds. The zero-order valence-electron chi connectivity index (χ0n) is 9.00. The zero-order chi connectivity index (χ0) is 10.6. The van der Waals surface area contributed by atoms with E-state index in [1.807, 2.05) is 21.0 Å². The molecule has 1 aromatic rings. The number of ether oxygens (including phenoxy) is 1. The fourth-order valence-corrected chi connectivity index (χ4v) is 1.38. The molecule has 14 heavy (non-hydrogen) atoms. The molecular formula is C10H17N3O. The van der Waals surface area contributed by atoms with Crippen molar-refractivity contribution in [3.05, 3.63) is 23.9 Å². The Labute approximate surface area is 84.6 Å². The van der Waals surface area contributed by atoms with Crippen LogP contribution in [0.1, 0.15) is 11.3 Å². The minimum Gasteiger partial charge on any atom is -0.473 e. The molecular weight excluding hydrogens is 178 g/mol. The molecule has 0 aliphatic rings. The van der Waals surface area contributed by atoms with Crippen molar-refractivity contribution in [2.45, 2.75) is 13.5 Å². The van der Waals surface area contributed by atoms with Crippen LogP contribution in [0.15, 0.2) is 12.7 Å². The average Bonchev–Trinajstić information content (AvgIpc) is 2.40. The van der Waals surface area contributed by atoms with Gasteiger partial charge < -0.3 is 10.1 Å². The molecule has 4 heteroatoms. The van der Waals surface area contributed by atoms with E-state index in [1.165, 1.54) is 0 Å². The summed E-state index contributed by atoms with van der Waals surface area (Å²) in [6, 6.07) is 0. The first-order valence-corrected chi connectivity index (χ1v) is 4.61. The highest BCUT2D eigenvalue weighted by molar-refractivity contribution is 5.30. The van der Waals surface area contributed by atoms with Crippen LogP contribution in [0.3, 0.4) is 0 Å². The Morgan fingerprint density at radius 3 is 2.93 bits per heavy atom. The molecule has 0 aliphatic heterocycles. The first-order valence-electron chi connectivity index (χ1n) is 4.61. The number of hydrogen-bond acceptors (Lipinski definition) is 3. The number of aryl methyl sites for hydroxylation is 2. The second-order valence-corrected chi connectivity index (χ2v) is 3.12. The molecule has 1 aromatic heterocycles. The van der Waals surface area contributed by atoms with E-state index >= 15 is 0 Å². The SMILES string of the molecule is C=CCOc1c(CNC)c(C)nn1C. The highest BCUT2D eigenvalue weighted by Gasteiger charge is 2.12. The molecule has 0 fully saturated rings. The molecule has 0 aliphatic carbocycles. The molecule has 1 N–H and O–H groups in total. The van der Waals surface area contributed by atoms with Gasteiger partial charge in [-0.15, -0.1) is 0 Å². The van der Waals surface area contributed by atoms with Gasteiger partial charge in [-0.25, -0.2) is 4.68 Å². The summed E-state index contributed by atoms with van der Waals surface area (Å²) < 4.78 is 7.29. The predicted octanol–water partition coefficient (Wildman–Crippen LogP) is 1.01. The van der Waals surface area contributed by atoms with Crippen LogP contribution in [0.5, 0.6) is 5.88 Å². The van der Waals surface area contributed by atoms with Crippen molar-refractivity contribution in [3.8, 4) is 5.88 Å². The number of nitrogens with zero attached hydrogens (tertiary/aromatic N) is 2. The Hall–Kier alpha value is -1.29. The highest BCUT2D eigenvalue weighted by Crippen LogP contribution is 2.20. The Morgan fingerprint density at radius 2 is 2.36 bits per heavy atom. The second-order valence-electron chi connectivity index (χ2n) is 3.12. The van der Waals surface area contributed by atoms with Gasteiger partial charge in [0.2, 0.25) is 5.88 Å². The monoisotopic (exact) mass is 195 g/mol. The maximum Gasteiger partial charge on any atom is 0.216 e. The van der Waals surface area contributed by atoms with Crippen molar-refractivity contribution in [2.75, 3.05) is 13.7 Å². The molecule has 0 atom stereocenters. The van der Waals surface area contributed by atoms with Gasteiger partial charge in [0.05, 0.1) is 11.3 Å². The van der Waals surface area contributed by atoms with Crippen molar-refractivity contribution in [1.29, 1.82) is 0 Å². The lowest BCUT2D eigenvalue weighted by Gasteiger charge is -2.06. The van der Waals surface area contributed by atoms with E-state index in [4.69, 9.17) is 4.74 Å². The van der Waals surface area contributed by atoms with Crippen LogP contribution >= 0.6 is 0 Å². The Balaban J connectivity index is 2.92. The Morgan fingerprint density at radius 1 is 1.64 bits per heavy atom. The molecule has 0 aromatic carbocycles. The third-order valence-corrected chi connectivity index (χ3v) is 1.98. The van der Waals surface area contributed by atoms with Gasteiger partial charge in [-0.2, -0.15) is 5.10 Å². The third-order valence-electron chi connectivity index (χ3n) is 1.98. The standard InChI is InChI=1S/C10H17N3O/c1-5-6-14-10-9(7-11-3)8(2)12-13(10)4/h5,11H,1,6-7H2,2-4H3. The number of nitrogens with one attached hydrogen (secondary N) is 1. The minimum absolute atomic E-state index is 0.510. The van der Waals surface area contributed by atoms with Gasteiger partial charge in [-0.1, -0.05) is 12.7 Å². The van der Waals surface area contributed by atoms with Crippen molar-refractivity contribution in [3.63, 3.8) is 0 Å². The van der Waals surface area contributed by atoms with E-state index in [9.17, 15) is 0 Å². The van der Waals surface area contributed by atoms with Gasteiger partial charge in [-0.3, -0.25) is 0 Å². The first-order chi connectivity index (χ1) is 6.70. The lowest BCUT2D eigenvalue weighted by atomic mass is 10.2. The molecule has 4 nitrogen and oxygen atoms in total. The number of aromatic nitrogens is 2. The van der Waals surface area contributed by atoms with Gasteiger partial charge in [0.25, 0.3) is 0 Å². The highest BCUT2D eigenvalue weighted by atomic mass is 16.5. The predicted molar refractivity (Wildman–Crippen MR) is 56.4 cm³/mol. The topological polar surface area (TPSA) is 39.1 Å². The van der Waals surface area contributed by atoms with Crippen molar-refractivity contribution >= 4 is 0 Å². The van der Waals surface area contributed by atoms with Crippen LogP contribution < -0.4 is 10.1 Å². The molecule has 1 heterocycles. The number of hydrogen-bond donors (Lipinski definition) is 1. The molecule has 0 radical (unpaired) electrons. The van der Waals surface area contributed by atoms with Gasteiger partial charge in [0.15, 0.2) is 0 Å². The summed E-state index contributed by atoms with van der Waals surface area (Å²) in [4.78, 5) is 0. The van der Waals surface area contributed by atoms with Gasteiger partial charge in [0.1, 0.15) is 6.61 Å². The van der Waals surface area contributed by atoms with Crippen LogP contribution in [0.25, 0.3) is 0 Å². The van der Waals surface area contributed by atoms with Crippen molar-refractivity contribution < 1.29 is 4.74 Å². The van der Waals surface area contributed by atoms with Crippen LogP contribution in [0.2, 0.25) is 0 Å². The van der Waals surface area contributed by atoms with E-state index in [-0.39, 0.29) is 0 Å². The van der Waals surface area contributed by atoms with Crippen LogP contribution in [0, 0.1) is 6.92 Å². The summed E-state index contributed by atoms with van der Waals surface area (Å²) in [6.07, 6.45) is 1.73. The maximum absolute atomic E-state index is 5.53. The van der Waals surface area contributed by atoms with Crippen LogP contribution in [-0.4, -0.2) is 23.4 Å². The second kappa shape index (κ2) is 4.81. The van der Waals surface area contributed by atoms with Crippen LogP contribution in [0.4, 0.5) is 0 Å². The fourth-order valence-electron chi connectivity index (χ4n) is 1.38. The summed E-state index contributed by atoms with van der Waals surface area (Å²) in [5.74, 6) is 0.816. The van der Waals surface area contributed by atoms with E-state index in [2.05, 4.69) is 17.0 Å². The summed E-state index contributed by atoms with van der Waals surface area (Å²) in [5.41, 5.74) is 2.11. The van der Waals surface area contributed by atoms with E-state index in [1.54, 1.807) is 10.8 Å². The molecule has 0 spiro atoms. The largest absolute Gasteiger partial charge is 0.473 e. The van der Waals surface area contributed by atoms with Gasteiger partial charge in [0, 0.05) is 13.6 Å². The summed E-state index contributed by atoms with van der Waals surface area (Å²) in [7, 11) is 3.79. The molecule has 0 bridgehead atoms. The van der Waals surface area contributed by atoms with Gasteiger partial charge >= 0.3 is 0 Å². The normalized spacial score (nSPS) is 10.2. The molecule has 0 unspecified atom stereocenters. The summed E-state index contributed by atoms with van der Waals surface area (Å²) in [5, 5.41) is 7.40. The quantitative estimate of drug-likeness (QED) is 0.713. The molecule has 78 valence electrons. The Bertz CT molecular complexity index is 317. The van der Waals surface area contributed by atoms with E-state index < -0.39 is 0 Å². The number of rotatable bonds is 5. The lowest BCUT2D eigenvalue weighted by molar-refractivity contribution is 0.325. The zero-order valence-corrected chi connectivity index (χ0v) is 9.00. The first kappa shape index (κ1) is 10.8.